The zero-order valence-electron chi connectivity index (χ0n) is 7.78. The van der Waals surface area contributed by atoms with Gasteiger partial charge in [0.05, 0.1) is 6.10 Å². The van der Waals surface area contributed by atoms with Crippen LogP contribution in [0.1, 0.15) is 30.9 Å². The van der Waals surface area contributed by atoms with Crippen LogP contribution >= 0.6 is 15.9 Å². The van der Waals surface area contributed by atoms with Crippen molar-refractivity contribution in [1.29, 1.82) is 0 Å². The second-order valence-corrected chi connectivity index (χ2v) is 3.96. The highest BCUT2D eigenvalue weighted by atomic mass is 79.9. The topological polar surface area (TPSA) is 33.1 Å². The molecule has 1 atom stereocenters. The van der Waals surface area contributed by atoms with Gasteiger partial charge in [-0.3, -0.25) is 4.98 Å². The van der Waals surface area contributed by atoms with Crippen molar-refractivity contribution in [1.82, 2.24) is 4.98 Å². The summed E-state index contributed by atoms with van der Waals surface area (Å²) in [5.41, 5.74) is 0.830. The Morgan fingerprint density at radius 3 is 3.00 bits per heavy atom. The fourth-order valence-corrected chi connectivity index (χ4v) is 1.56. The Labute approximate surface area is 92.5 Å². The molecule has 0 radical (unpaired) electrons. The molecule has 0 aliphatic heterocycles. The number of aliphatic hydroxyl groups is 1. The van der Waals surface area contributed by atoms with E-state index in [1.807, 2.05) is 6.07 Å². The van der Waals surface area contributed by atoms with Crippen molar-refractivity contribution in [2.45, 2.75) is 25.4 Å². The van der Waals surface area contributed by atoms with Gasteiger partial charge in [0.15, 0.2) is 0 Å². The molecule has 1 unspecified atom stereocenters. The fraction of sp³-hybridized carbons (Fsp3) is 0.364. The molecule has 0 saturated carbocycles. The molecule has 2 nitrogen and oxygen atoms in total. The quantitative estimate of drug-likeness (QED) is 0.662. The summed E-state index contributed by atoms with van der Waals surface area (Å²) in [6.45, 7) is 0. The summed E-state index contributed by atoms with van der Waals surface area (Å²) in [6, 6.07) is 1.87. The number of aliphatic hydroxyl groups excluding tert-OH is 1. The van der Waals surface area contributed by atoms with Crippen molar-refractivity contribution in [3.8, 4) is 12.3 Å². The van der Waals surface area contributed by atoms with Crippen LogP contribution in [0.3, 0.4) is 0 Å². The van der Waals surface area contributed by atoms with E-state index in [0.717, 1.165) is 16.5 Å². The van der Waals surface area contributed by atoms with Crippen molar-refractivity contribution in [2.75, 3.05) is 0 Å². The van der Waals surface area contributed by atoms with Crippen molar-refractivity contribution < 1.29 is 5.11 Å². The molecule has 0 bridgehead atoms. The molecule has 1 aromatic heterocycles. The molecule has 3 heteroatoms. The van der Waals surface area contributed by atoms with E-state index in [9.17, 15) is 5.11 Å². The van der Waals surface area contributed by atoms with Crippen LogP contribution in [0.5, 0.6) is 0 Å². The van der Waals surface area contributed by atoms with E-state index in [4.69, 9.17) is 6.42 Å². The Kier molecular flexibility index (Phi) is 4.64. The molecule has 0 amide bonds. The van der Waals surface area contributed by atoms with E-state index < -0.39 is 6.10 Å². The van der Waals surface area contributed by atoms with Gasteiger partial charge in [0, 0.05) is 23.3 Å². The largest absolute Gasteiger partial charge is 0.388 e. The highest BCUT2D eigenvalue weighted by Gasteiger charge is 2.07. The van der Waals surface area contributed by atoms with Gasteiger partial charge in [0.2, 0.25) is 0 Å². The van der Waals surface area contributed by atoms with Gasteiger partial charge in [-0.15, -0.1) is 12.3 Å². The van der Waals surface area contributed by atoms with Crippen LogP contribution < -0.4 is 0 Å². The summed E-state index contributed by atoms with van der Waals surface area (Å²) >= 11 is 3.31. The molecule has 1 rings (SSSR count). The third-order valence-corrected chi connectivity index (χ3v) is 2.34. The highest BCUT2D eigenvalue weighted by Crippen LogP contribution is 2.20. The molecule has 74 valence electrons. The number of aromatic nitrogens is 1. The maximum absolute atomic E-state index is 9.74. The summed E-state index contributed by atoms with van der Waals surface area (Å²) in [7, 11) is 0. The standard InChI is InChI=1S/C11H12BrNO/c1-2-3-4-5-11(14)9-6-10(12)8-13-7-9/h1,6-8,11,14H,3-5H2. The van der Waals surface area contributed by atoms with Crippen molar-refractivity contribution in [2.24, 2.45) is 0 Å². The smallest absolute Gasteiger partial charge is 0.0805 e. The SMILES string of the molecule is C#CCCCC(O)c1cncc(Br)c1. The first-order valence-electron chi connectivity index (χ1n) is 4.46. The van der Waals surface area contributed by atoms with Gasteiger partial charge >= 0.3 is 0 Å². The van der Waals surface area contributed by atoms with Crippen molar-refractivity contribution in [3.05, 3.63) is 28.5 Å². The minimum atomic E-state index is -0.464. The first-order chi connectivity index (χ1) is 6.74. The second-order valence-electron chi connectivity index (χ2n) is 3.05. The van der Waals surface area contributed by atoms with E-state index in [1.54, 1.807) is 12.4 Å². The second kappa shape index (κ2) is 5.79. The van der Waals surface area contributed by atoms with Gasteiger partial charge in [0.25, 0.3) is 0 Å². The predicted octanol–water partition coefficient (Wildman–Crippen LogP) is 2.68. The van der Waals surface area contributed by atoms with E-state index in [2.05, 4.69) is 26.8 Å². The monoisotopic (exact) mass is 253 g/mol. The van der Waals surface area contributed by atoms with Crippen LogP contribution in [0, 0.1) is 12.3 Å². The minimum Gasteiger partial charge on any atom is -0.388 e. The summed E-state index contributed by atoms with van der Waals surface area (Å²) in [6.07, 6.45) is 10.3. The molecular formula is C11H12BrNO. The lowest BCUT2D eigenvalue weighted by molar-refractivity contribution is 0.164. The first-order valence-corrected chi connectivity index (χ1v) is 5.25. The number of hydrogen-bond acceptors (Lipinski definition) is 2. The van der Waals surface area contributed by atoms with E-state index in [-0.39, 0.29) is 0 Å². The van der Waals surface area contributed by atoms with Crippen LogP contribution in [-0.4, -0.2) is 10.1 Å². The third-order valence-electron chi connectivity index (χ3n) is 1.91. The number of nitrogens with zero attached hydrogens (tertiary/aromatic N) is 1. The van der Waals surface area contributed by atoms with Crippen molar-refractivity contribution >= 4 is 15.9 Å². The zero-order valence-corrected chi connectivity index (χ0v) is 9.37. The van der Waals surface area contributed by atoms with Gasteiger partial charge in [-0.25, -0.2) is 0 Å². The Bertz CT molecular complexity index is 332. The molecule has 1 aromatic rings. The number of pyridine rings is 1. The van der Waals surface area contributed by atoms with Crippen LogP contribution in [-0.2, 0) is 0 Å². The lowest BCUT2D eigenvalue weighted by Gasteiger charge is -2.09. The van der Waals surface area contributed by atoms with E-state index in [1.165, 1.54) is 0 Å². The van der Waals surface area contributed by atoms with Gasteiger partial charge in [-0.05, 0) is 40.4 Å². The normalized spacial score (nSPS) is 12.1. The average molecular weight is 254 g/mol. The molecule has 0 spiro atoms. The highest BCUT2D eigenvalue weighted by molar-refractivity contribution is 9.10. The maximum Gasteiger partial charge on any atom is 0.0805 e. The summed E-state index contributed by atoms with van der Waals surface area (Å²) in [5.74, 6) is 2.55. The molecule has 0 fully saturated rings. The predicted molar refractivity (Wildman–Crippen MR) is 59.6 cm³/mol. The number of unbranched alkanes of at least 4 members (excludes halogenated alkanes) is 1. The summed E-state index contributed by atoms with van der Waals surface area (Å²) in [4.78, 5) is 3.99. The van der Waals surface area contributed by atoms with Gasteiger partial charge < -0.3 is 5.11 Å². The molecule has 0 aliphatic rings. The first kappa shape index (κ1) is 11.2. The van der Waals surface area contributed by atoms with Crippen molar-refractivity contribution in [3.63, 3.8) is 0 Å². The molecule has 1 N–H and O–H groups in total. The van der Waals surface area contributed by atoms with E-state index in [0.29, 0.717) is 12.8 Å². The Hall–Kier alpha value is -0.850. The number of terminal acetylenes is 1. The number of rotatable bonds is 4. The lowest BCUT2D eigenvalue weighted by Crippen LogP contribution is -1.97. The van der Waals surface area contributed by atoms with Gasteiger partial charge in [0.1, 0.15) is 0 Å². The van der Waals surface area contributed by atoms with Gasteiger partial charge in [-0.2, -0.15) is 0 Å². The van der Waals surface area contributed by atoms with Crippen LogP contribution in [0.15, 0.2) is 22.9 Å². The van der Waals surface area contributed by atoms with Crippen LogP contribution in [0.25, 0.3) is 0 Å². The molecule has 0 saturated heterocycles. The molecule has 14 heavy (non-hydrogen) atoms. The van der Waals surface area contributed by atoms with Crippen LogP contribution in [0.4, 0.5) is 0 Å². The molecule has 0 aliphatic carbocycles. The Morgan fingerprint density at radius 1 is 1.57 bits per heavy atom. The zero-order chi connectivity index (χ0) is 10.4. The molecule has 0 aromatic carbocycles. The Morgan fingerprint density at radius 2 is 2.36 bits per heavy atom. The number of halogens is 1. The lowest BCUT2D eigenvalue weighted by atomic mass is 10.1. The van der Waals surface area contributed by atoms with Crippen LogP contribution in [0.2, 0.25) is 0 Å². The van der Waals surface area contributed by atoms with E-state index >= 15 is 0 Å². The number of hydrogen-bond donors (Lipinski definition) is 1. The fourth-order valence-electron chi connectivity index (χ4n) is 1.17. The molecule has 1 heterocycles. The third kappa shape index (κ3) is 3.49. The minimum absolute atomic E-state index is 0.464. The summed E-state index contributed by atoms with van der Waals surface area (Å²) < 4.78 is 0.881. The van der Waals surface area contributed by atoms with Gasteiger partial charge in [-0.1, -0.05) is 0 Å². The maximum atomic E-state index is 9.74. The average Bonchev–Trinajstić information content (AvgIpc) is 2.18. The Balaban J connectivity index is 2.52. The molecular weight excluding hydrogens is 242 g/mol. The summed E-state index contributed by atoms with van der Waals surface area (Å²) in [5, 5.41) is 9.74.